The number of hydrogen-bond donors (Lipinski definition) is 2. The lowest BCUT2D eigenvalue weighted by molar-refractivity contribution is 0.281. The van der Waals surface area contributed by atoms with Crippen LogP contribution in [0.25, 0.3) is 0 Å². The Kier molecular flexibility index (Phi) is 5.41. The average molecular weight is 394 g/mol. The van der Waals surface area contributed by atoms with E-state index in [1.807, 2.05) is 13.2 Å². The third kappa shape index (κ3) is 3.64. The molecule has 4 nitrogen and oxygen atoms in total. The highest BCUT2D eigenvalue weighted by Crippen LogP contribution is 2.42. The first-order valence-corrected chi connectivity index (χ1v) is 10.3. The van der Waals surface area contributed by atoms with E-state index < -0.39 is 10.0 Å². The van der Waals surface area contributed by atoms with Gasteiger partial charge < -0.3 is 5.11 Å². The van der Waals surface area contributed by atoms with E-state index in [0.717, 1.165) is 24.8 Å². The zero-order chi connectivity index (χ0) is 15.7. The van der Waals surface area contributed by atoms with Gasteiger partial charge in [-0.25, -0.2) is 13.1 Å². The Morgan fingerprint density at radius 1 is 1.43 bits per heavy atom. The molecule has 2 N–H and O–H groups in total. The number of aliphatic hydroxyl groups is 1. The van der Waals surface area contributed by atoms with Gasteiger partial charge in [0.1, 0.15) is 0 Å². The maximum absolute atomic E-state index is 12.5. The Morgan fingerprint density at radius 3 is 2.57 bits per heavy atom. The molecule has 1 aliphatic carbocycles. The molecule has 1 fully saturated rings. The van der Waals surface area contributed by atoms with Gasteiger partial charge in [-0.15, -0.1) is 0 Å². The van der Waals surface area contributed by atoms with Gasteiger partial charge in [-0.3, -0.25) is 0 Å². The largest absolute Gasteiger partial charge is 0.392 e. The highest BCUT2D eigenvalue weighted by molar-refractivity contribution is 9.10. The van der Waals surface area contributed by atoms with E-state index in [4.69, 9.17) is 0 Å². The number of aryl methyl sites for hydroxylation is 1. The topological polar surface area (TPSA) is 66.4 Å². The molecule has 0 aromatic heterocycles. The standard InChI is InChI=1S/C14H20BrNO3S2/c1-10-6-11(8-17)7-12(13(10)15)21(18,19)16-9-14(20-2)4-3-5-14/h6-7,16-17H,3-5,8-9H2,1-2H3. The van der Waals surface area contributed by atoms with Crippen LogP contribution in [-0.4, -0.2) is 31.1 Å². The van der Waals surface area contributed by atoms with Crippen LogP contribution in [-0.2, 0) is 16.6 Å². The number of halogens is 1. The summed E-state index contributed by atoms with van der Waals surface area (Å²) in [5.41, 5.74) is 1.39. The Balaban J connectivity index is 2.25. The fourth-order valence-corrected chi connectivity index (χ4v) is 5.62. The summed E-state index contributed by atoms with van der Waals surface area (Å²) in [5, 5.41) is 9.25. The molecule has 21 heavy (non-hydrogen) atoms. The summed E-state index contributed by atoms with van der Waals surface area (Å²) in [7, 11) is -3.59. The van der Waals surface area contributed by atoms with Crippen molar-refractivity contribution in [3.05, 3.63) is 27.7 Å². The monoisotopic (exact) mass is 393 g/mol. The van der Waals surface area contributed by atoms with E-state index in [0.29, 0.717) is 16.6 Å². The zero-order valence-electron chi connectivity index (χ0n) is 12.1. The van der Waals surface area contributed by atoms with E-state index in [9.17, 15) is 13.5 Å². The number of benzene rings is 1. The Hall–Kier alpha value is -0.0800. The SMILES string of the molecule is CSC1(CNS(=O)(=O)c2cc(CO)cc(C)c2Br)CCC1. The molecule has 0 atom stereocenters. The molecule has 7 heteroatoms. The lowest BCUT2D eigenvalue weighted by atomic mass is 9.84. The molecule has 0 saturated heterocycles. The van der Waals surface area contributed by atoms with Gasteiger partial charge in [-0.1, -0.05) is 12.5 Å². The molecule has 2 rings (SSSR count). The molecule has 0 amide bonds. The van der Waals surface area contributed by atoms with Crippen molar-refractivity contribution in [3.8, 4) is 0 Å². The maximum atomic E-state index is 12.5. The van der Waals surface area contributed by atoms with Crippen molar-refractivity contribution >= 4 is 37.7 Å². The van der Waals surface area contributed by atoms with Crippen LogP contribution in [0.1, 0.15) is 30.4 Å². The second-order valence-electron chi connectivity index (χ2n) is 5.45. The lowest BCUT2D eigenvalue weighted by Gasteiger charge is -2.40. The summed E-state index contributed by atoms with van der Waals surface area (Å²) in [6.07, 6.45) is 5.28. The minimum atomic E-state index is -3.59. The van der Waals surface area contributed by atoms with E-state index in [1.165, 1.54) is 6.07 Å². The summed E-state index contributed by atoms with van der Waals surface area (Å²) in [5.74, 6) is 0. The van der Waals surface area contributed by atoms with Gasteiger partial charge >= 0.3 is 0 Å². The molecule has 0 heterocycles. The number of aliphatic hydroxyl groups excluding tert-OH is 1. The Morgan fingerprint density at radius 2 is 2.10 bits per heavy atom. The van der Waals surface area contributed by atoms with Crippen LogP contribution < -0.4 is 4.72 Å². The van der Waals surface area contributed by atoms with E-state index in [-0.39, 0.29) is 16.2 Å². The molecule has 1 aromatic rings. The smallest absolute Gasteiger partial charge is 0.241 e. The van der Waals surface area contributed by atoms with Crippen LogP contribution in [0.2, 0.25) is 0 Å². The molecule has 118 valence electrons. The van der Waals surface area contributed by atoms with E-state index in [1.54, 1.807) is 17.8 Å². The van der Waals surface area contributed by atoms with Crippen LogP contribution in [0.3, 0.4) is 0 Å². The summed E-state index contributed by atoms with van der Waals surface area (Å²) < 4.78 is 28.4. The van der Waals surface area contributed by atoms with Gasteiger partial charge in [0.15, 0.2) is 0 Å². The quantitative estimate of drug-likeness (QED) is 0.779. The number of nitrogens with one attached hydrogen (secondary N) is 1. The van der Waals surface area contributed by atoms with Crippen molar-refractivity contribution in [2.75, 3.05) is 12.8 Å². The summed E-state index contributed by atoms with van der Waals surface area (Å²) in [4.78, 5) is 0.196. The molecule has 0 unspecified atom stereocenters. The van der Waals surface area contributed by atoms with Crippen molar-refractivity contribution < 1.29 is 13.5 Å². The first-order valence-electron chi connectivity index (χ1n) is 6.78. The first-order chi connectivity index (χ1) is 9.83. The fraction of sp³-hybridized carbons (Fsp3) is 0.571. The minimum Gasteiger partial charge on any atom is -0.392 e. The summed E-state index contributed by atoms with van der Waals surface area (Å²) >= 11 is 5.07. The third-order valence-electron chi connectivity index (χ3n) is 4.04. The molecule has 1 aliphatic rings. The van der Waals surface area contributed by atoms with Gasteiger partial charge in [-0.2, -0.15) is 11.8 Å². The van der Waals surface area contributed by atoms with Gasteiger partial charge in [-0.05, 0) is 59.1 Å². The molecule has 1 aromatic carbocycles. The van der Waals surface area contributed by atoms with Gasteiger partial charge in [0.05, 0.1) is 11.5 Å². The average Bonchev–Trinajstić information content (AvgIpc) is 2.40. The van der Waals surface area contributed by atoms with Crippen molar-refractivity contribution in [1.82, 2.24) is 4.72 Å². The molecular weight excluding hydrogens is 374 g/mol. The molecule has 0 spiro atoms. The zero-order valence-corrected chi connectivity index (χ0v) is 15.4. The van der Waals surface area contributed by atoms with Gasteiger partial charge in [0, 0.05) is 15.8 Å². The highest BCUT2D eigenvalue weighted by Gasteiger charge is 2.37. The van der Waals surface area contributed by atoms with Crippen molar-refractivity contribution in [3.63, 3.8) is 0 Å². The third-order valence-corrected chi connectivity index (χ3v) is 8.19. The summed E-state index contributed by atoms with van der Waals surface area (Å²) in [6.45, 7) is 2.09. The fourth-order valence-electron chi connectivity index (χ4n) is 2.42. The second kappa shape index (κ2) is 6.58. The lowest BCUT2D eigenvalue weighted by Crippen LogP contribution is -2.45. The van der Waals surface area contributed by atoms with E-state index in [2.05, 4.69) is 20.7 Å². The van der Waals surface area contributed by atoms with Crippen molar-refractivity contribution in [2.45, 2.75) is 42.4 Å². The Labute approximate surface area is 138 Å². The van der Waals surface area contributed by atoms with Gasteiger partial charge in [0.25, 0.3) is 0 Å². The van der Waals surface area contributed by atoms with Crippen LogP contribution in [0.5, 0.6) is 0 Å². The minimum absolute atomic E-state index is 0.0448. The molecule has 1 saturated carbocycles. The van der Waals surface area contributed by atoms with Crippen LogP contribution in [0.4, 0.5) is 0 Å². The van der Waals surface area contributed by atoms with Crippen LogP contribution in [0, 0.1) is 6.92 Å². The maximum Gasteiger partial charge on any atom is 0.241 e. The summed E-state index contributed by atoms with van der Waals surface area (Å²) in [6, 6.07) is 3.30. The number of sulfonamides is 1. The highest BCUT2D eigenvalue weighted by atomic mass is 79.9. The first kappa shape index (κ1) is 17.3. The predicted octanol–water partition coefficient (Wildman–Crippen LogP) is 2.81. The molecular formula is C14H20BrNO3S2. The normalized spacial score (nSPS) is 17.5. The number of rotatable bonds is 6. The molecule has 0 aliphatic heterocycles. The molecule has 0 radical (unpaired) electrons. The van der Waals surface area contributed by atoms with Crippen molar-refractivity contribution in [1.29, 1.82) is 0 Å². The number of thioether (sulfide) groups is 1. The predicted molar refractivity (Wildman–Crippen MR) is 90.1 cm³/mol. The van der Waals surface area contributed by atoms with Gasteiger partial charge in [0.2, 0.25) is 10.0 Å². The van der Waals surface area contributed by atoms with Crippen LogP contribution >= 0.6 is 27.7 Å². The van der Waals surface area contributed by atoms with Crippen LogP contribution in [0.15, 0.2) is 21.5 Å². The Bertz CT molecular complexity index is 622. The second-order valence-corrected chi connectivity index (χ2v) is 9.25. The van der Waals surface area contributed by atoms with E-state index >= 15 is 0 Å². The van der Waals surface area contributed by atoms with Crippen molar-refractivity contribution in [2.24, 2.45) is 0 Å². The molecule has 0 bridgehead atoms. The number of hydrogen-bond acceptors (Lipinski definition) is 4.